The van der Waals surface area contributed by atoms with Gasteiger partial charge in [-0.15, -0.1) is 0 Å². The summed E-state index contributed by atoms with van der Waals surface area (Å²) in [6.45, 7) is 4.37. The lowest BCUT2D eigenvalue weighted by molar-refractivity contribution is 0.102. The second kappa shape index (κ2) is 9.19. The van der Waals surface area contributed by atoms with Crippen molar-refractivity contribution < 1.29 is 9.18 Å². The number of piperazine rings is 1. The fourth-order valence-corrected chi connectivity index (χ4v) is 3.71. The average molecular weight is 426 g/mol. The number of halogens is 2. The Morgan fingerprint density at radius 1 is 1.03 bits per heavy atom. The van der Waals surface area contributed by atoms with Crippen LogP contribution in [0.25, 0.3) is 0 Å². The summed E-state index contributed by atoms with van der Waals surface area (Å²) in [6, 6.07) is 16.2. The van der Waals surface area contributed by atoms with Crippen LogP contribution in [0.15, 0.2) is 60.9 Å². The number of nitrogens with zero attached hydrogens (tertiary/aromatic N) is 4. The molecule has 1 amide bonds. The molecule has 8 heteroatoms. The van der Waals surface area contributed by atoms with Gasteiger partial charge in [0.05, 0.1) is 10.6 Å². The lowest BCUT2D eigenvalue weighted by atomic mass is 10.2. The molecule has 1 aliphatic rings. The minimum atomic E-state index is -0.677. The number of hydrogen-bond acceptors (Lipinski definition) is 5. The van der Waals surface area contributed by atoms with Crippen molar-refractivity contribution in [1.29, 1.82) is 0 Å². The lowest BCUT2D eigenvalue weighted by Gasteiger charge is -2.35. The molecule has 0 unspecified atom stereocenters. The Hall–Kier alpha value is -3.03. The third-order valence-corrected chi connectivity index (χ3v) is 5.34. The minimum Gasteiger partial charge on any atom is -0.354 e. The first-order valence-electron chi connectivity index (χ1n) is 9.69. The van der Waals surface area contributed by atoms with Crippen LogP contribution in [-0.2, 0) is 6.54 Å². The molecule has 0 aliphatic carbocycles. The van der Waals surface area contributed by atoms with E-state index in [1.165, 1.54) is 30.1 Å². The van der Waals surface area contributed by atoms with Crippen LogP contribution in [0, 0.1) is 5.82 Å². The van der Waals surface area contributed by atoms with Gasteiger partial charge in [-0.3, -0.25) is 9.69 Å². The third kappa shape index (κ3) is 4.75. The van der Waals surface area contributed by atoms with Gasteiger partial charge >= 0.3 is 0 Å². The number of rotatable bonds is 5. The zero-order chi connectivity index (χ0) is 20.9. The summed E-state index contributed by atoms with van der Waals surface area (Å²) in [5.74, 6) is -0.297. The zero-order valence-electron chi connectivity index (χ0n) is 16.3. The first-order valence-corrected chi connectivity index (χ1v) is 10.1. The van der Waals surface area contributed by atoms with E-state index in [0.717, 1.165) is 38.5 Å². The van der Waals surface area contributed by atoms with Gasteiger partial charge < -0.3 is 10.2 Å². The standard InChI is InChI=1S/C22H21ClFN5O/c23-17-7-4-8-18(24)21(17)22(30)27-19-13-20(26-15-25-19)29-11-9-28(10-12-29)14-16-5-2-1-3-6-16/h1-8,13,15H,9-12,14H2,(H,25,26,27,30). The largest absolute Gasteiger partial charge is 0.354 e. The highest BCUT2D eigenvalue weighted by molar-refractivity contribution is 6.34. The minimum absolute atomic E-state index is 0.0521. The van der Waals surface area contributed by atoms with Crippen LogP contribution >= 0.6 is 11.6 Å². The molecule has 4 rings (SSSR count). The van der Waals surface area contributed by atoms with Crippen LogP contribution in [0.3, 0.4) is 0 Å². The lowest BCUT2D eigenvalue weighted by Crippen LogP contribution is -2.46. The summed E-state index contributed by atoms with van der Waals surface area (Å²) in [5.41, 5.74) is 1.10. The Labute approximate surface area is 179 Å². The summed E-state index contributed by atoms with van der Waals surface area (Å²) >= 11 is 5.97. The molecule has 1 fully saturated rings. The van der Waals surface area contributed by atoms with Gasteiger partial charge in [0.15, 0.2) is 0 Å². The fourth-order valence-electron chi connectivity index (χ4n) is 3.46. The molecule has 3 aromatic rings. The summed E-state index contributed by atoms with van der Waals surface area (Å²) in [7, 11) is 0. The third-order valence-electron chi connectivity index (χ3n) is 5.03. The molecule has 2 aromatic carbocycles. The molecule has 0 radical (unpaired) electrons. The van der Waals surface area contributed by atoms with Crippen LogP contribution in [0.2, 0.25) is 5.02 Å². The highest BCUT2D eigenvalue weighted by Crippen LogP contribution is 2.22. The first kappa shape index (κ1) is 20.3. The number of benzene rings is 2. The van der Waals surface area contributed by atoms with Crippen molar-refractivity contribution in [3.8, 4) is 0 Å². The Bertz CT molecular complexity index is 1000. The predicted molar refractivity (Wildman–Crippen MR) is 115 cm³/mol. The quantitative estimate of drug-likeness (QED) is 0.673. The molecule has 1 aromatic heterocycles. The van der Waals surface area contributed by atoms with E-state index in [-0.39, 0.29) is 10.6 Å². The van der Waals surface area contributed by atoms with Crippen molar-refractivity contribution in [2.24, 2.45) is 0 Å². The first-order chi connectivity index (χ1) is 14.6. The van der Waals surface area contributed by atoms with Crippen LogP contribution in [0.5, 0.6) is 0 Å². The van der Waals surface area contributed by atoms with Gasteiger partial charge in [0.2, 0.25) is 0 Å². The van der Waals surface area contributed by atoms with Gasteiger partial charge in [-0.25, -0.2) is 14.4 Å². The molecule has 30 heavy (non-hydrogen) atoms. The number of nitrogens with one attached hydrogen (secondary N) is 1. The molecule has 6 nitrogen and oxygen atoms in total. The highest BCUT2D eigenvalue weighted by Gasteiger charge is 2.20. The van der Waals surface area contributed by atoms with Crippen molar-refractivity contribution in [2.75, 3.05) is 36.4 Å². The molecule has 1 aliphatic heterocycles. The second-order valence-corrected chi connectivity index (χ2v) is 7.47. The summed E-state index contributed by atoms with van der Waals surface area (Å²) in [4.78, 5) is 25.4. The molecular formula is C22H21ClFN5O. The Kier molecular flexibility index (Phi) is 6.21. The van der Waals surface area contributed by atoms with E-state index < -0.39 is 11.7 Å². The number of carbonyl (C=O) groups is 1. The number of aromatic nitrogens is 2. The molecule has 1 N–H and O–H groups in total. The van der Waals surface area contributed by atoms with Gasteiger partial charge in [-0.1, -0.05) is 48.0 Å². The van der Waals surface area contributed by atoms with E-state index in [2.05, 4.69) is 49.4 Å². The van der Waals surface area contributed by atoms with Crippen LogP contribution < -0.4 is 10.2 Å². The van der Waals surface area contributed by atoms with E-state index in [0.29, 0.717) is 5.82 Å². The van der Waals surface area contributed by atoms with Crippen molar-refractivity contribution in [1.82, 2.24) is 14.9 Å². The Balaban J connectivity index is 1.39. The normalized spacial score (nSPS) is 14.5. The van der Waals surface area contributed by atoms with Gasteiger partial charge in [0.25, 0.3) is 5.91 Å². The molecular weight excluding hydrogens is 405 g/mol. The zero-order valence-corrected chi connectivity index (χ0v) is 17.0. The van der Waals surface area contributed by atoms with Crippen LogP contribution in [0.1, 0.15) is 15.9 Å². The summed E-state index contributed by atoms with van der Waals surface area (Å²) < 4.78 is 14.0. The summed E-state index contributed by atoms with van der Waals surface area (Å²) in [5, 5.41) is 2.66. The average Bonchev–Trinajstić information content (AvgIpc) is 2.75. The van der Waals surface area contributed by atoms with E-state index in [9.17, 15) is 9.18 Å². The fraction of sp³-hybridized carbons (Fsp3) is 0.227. The van der Waals surface area contributed by atoms with Crippen molar-refractivity contribution in [3.05, 3.63) is 82.9 Å². The molecule has 0 spiro atoms. The topological polar surface area (TPSA) is 61.4 Å². The number of anilines is 2. The molecule has 2 heterocycles. The molecule has 154 valence electrons. The maximum absolute atomic E-state index is 14.0. The van der Waals surface area contributed by atoms with Crippen molar-refractivity contribution in [2.45, 2.75) is 6.54 Å². The number of carbonyl (C=O) groups excluding carboxylic acids is 1. The monoisotopic (exact) mass is 425 g/mol. The molecule has 0 bridgehead atoms. The predicted octanol–water partition coefficient (Wildman–Crippen LogP) is 3.84. The van der Waals surface area contributed by atoms with Gasteiger partial charge in [0.1, 0.15) is 23.8 Å². The van der Waals surface area contributed by atoms with Crippen molar-refractivity contribution in [3.63, 3.8) is 0 Å². The number of hydrogen-bond donors (Lipinski definition) is 1. The van der Waals surface area contributed by atoms with E-state index >= 15 is 0 Å². The smallest absolute Gasteiger partial charge is 0.261 e. The maximum atomic E-state index is 14.0. The van der Waals surface area contributed by atoms with Gasteiger partial charge in [-0.05, 0) is 17.7 Å². The van der Waals surface area contributed by atoms with E-state index in [1.807, 2.05) is 6.07 Å². The number of amides is 1. The molecule has 1 saturated heterocycles. The summed E-state index contributed by atoms with van der Waals surface area (Å²) in [6.07, 6.45) is 1.39. The van der Waals surface area contributed by atoms with Gasteiger partial charge in [-0.2, -0.15) is 0 Å². The van der Waals surface area contributed by atoms with Crippen LogP contribution in [-0.4, -0.2) is 47.0 Å². The maximum Gasteiger partial charge on any atom is 0.261 e. The van der Waals surface area contributed by atoms with Crippen LogP contribution in [0.4, 0.5) is 16.0 Å². The Morgan fingerprint density at radius 2 is 1.80 bits per heavy atom. The molecule has 0 atom stereocenters. The highest BCUT2D eigenvalue weighted by atomic mass is 35.5. The molecule has 0 saturated carbocycles. The van der Waals surface area contributed by atoms with Crippen molar-refractivity contribution >= 4 is 29.1 Å². The second-order valence-electron chi connectivity index (χ2n) is 7.06. The van der Waals surface area contributed by atoms with E-state index in [4.69, 9.17) is 11.6 Å². The SMILES string of the molecule is O=C(Nc1cc(N2CCN(Cc3ccccc3)CC2)ncn1)c1c(F)cccc1Cl. The Morgan fingerprint density at radius 3 is 2.53 bits per heavy atom. The van der Waals surface area contributed by atoms with E-state index in [1.54, 1.807) is 6.07 Å². The van der Waals surface area contributed by atoms with Gasteiger partial charge in [0, 0.05) is 38.8 Å².